The summed E-state index contributed by atoms with van der Waals surface area (Å²) in [5.41, 5.74) is 0.635. The highest BCUT2D eigenvalue weighted by Gasteiger charge is 2.47. The second kappa shape index (κ2) is 8.03. The Balaban J connectivity index is 1.74. The Morgan fingerprint density at radius 1 is 1.14 bits per heavy atom. The molecule has 2 aliphatic rings. The van der Waals surface area contributed by atoms with Crippen LogP contribution < -0.4 is 0 Å². The van der Waals surface area contributed by atoms with Gasteiger partial charge in [-0.25, -0.2) is 0 Å². The third-order valence-corrected chi connectivity index (χ3v) is 7.51. The lowest BCUT2D eigenvalue weighted by Gasteiger charge is -2.34. The zero-order chi connectivity index (χ0) is 20.6. The number of ether oxygens (including phenoxy) is 1. The van der Waals surface area contributed by atoms with E-state index in [1.807, 2.05) is 22.6 Å². The molecule has 1 unspecified atom stereocenters. The molecule has 1 aromatic carbocycles. The fraction of sp³-hybridized carbons (Fsp3) is 0.474. The van der Waals surface area contributed by atoms with Gasteiger partial charge >= 0.3 is 0 Å². The molecule has 2 heterocycles. The van der Waals surface area contributed by atoms with Crippen molar-refractivity contribution in [3.05, 3.63) is 32.9 Å². The van der Waals surface area contributed by atoms with Crippen molar-refractivity contribution in [1.82, 2.24) is 9.80 Å². The summed E-state index contributed by atoms with van der Waals surface area (Å²) >= 11 is 2.01. The minimum atomic E-state index is -1.28. The number of hydrogen-bond donors (Lipinski definition) is 0. The van der Waals surface area contributed by atoms with Crippen LogP contribution in [0.25, 0.3) is 0 Å². The molecular weight excluding hydrogens is 491 g/mol. The summed E-state index contributed by atoms with van der Waals surface area (Å²) in [6.45, 7) is 6.98. The molecule has 7 nitrogen and oxygen atoms in total. The van der Waals surface area contributed by atoms with Crippen molar-refractivity contribution in [2.24, 2.45) is 0 Å². The Kier molecular flexibility index (Phi) is 6.06. The summed E-state index contributed by atoms with van der Waals surface area (Å²) in [6.07, 6.45) is 0.239. The van der Waals surface area contributed by atoms with Gasteiger partial charge in [0.15, 0.2) is 0 Å². The molecule has 0 aromatic heterocycles. The first-order valence-electron chi connectivity index (χ1n) is 9.20. The first kappa shape index (κ1) is 21.1. The molecule has 150 valence electrons. The Bertz CT molecular complexity index is 851. The van der Waals surface area contributed by atoms with Crippen LogP contribution in [0.15, 0.2) is 18.2 Å². The summed E-state index contributed by atoms with van der Waals surface area (Å²) in [7, 11) is -1.28. The first-order chi connectivity index (χ1) is 13.1. The zero-order valence-corrected chi connectivity index (χ0v) is 19.3. The van der Waals surface area contributed by atoms with Gasteiger partial charge in [-0.05, 0) is 47.2 Å². The van der Waals surface area contributed by atoms with Gasteiger partial charge in [0.1, 0.15) is 12.8 Å². The van der Waals surface area contributed by atoms with E-state index in [1.165, 1.54) is 0 Å². The van der Waals surface area contributed by atoms with Crippen LogP contribution in [-0.4, -0.2) is 60.9 Å². The molecule has 28 heavy (non-hydrogen) atoms. The molecule has 0 radical (unpaired) electrons. The van der Waals surface area contributed by atoms with E-state index in [9.17, 15) is 19.2 Å². The van der Waals surface area contributed by atoms with E-state index < -0.39 is 31.8 Å². The molecule has 0 spiro atoms. The molecule has 1 fully saturated rings. The highest BCUT2D eigenvalue weighted by atomic mass is 127. The molecule has 2 aliphatic heterocycles. The molecule has 1 saturated heterocycles. The highest BCUT2D eigenvalue weighted by Crippen LogP contribution is 2.31. The average molecular weight is 514 g/mol. The predicted molar refractivity (Wildman–Crippen MR) is 114 cm³/mol. The van der Waals surface area contributed by atoms with Crippen LogP contribution in [0.3, 0.4) is 0 Å². The third kappa shape index (κ3) is 4.06. The molecule has 1 aromatic rings. The highest BCUT2D eigenvalue weighted by molar-refractivity contribution is 14.1. The Morgan fingerprint density at radius 3 is 2.50 bits per heavy atom. The minimum Gasteiger partial charge on any atom is -0.361 e. The summed E-state index contributed by atoms with van der Waals surface area (Å²) in [5, 5.41) is 0. The molecule has 0 aliphatic carbocycles. The Hall–Kier alpha value is -1.59. The van der Waals surface area contributed by atoms with Crippen molar-refractivity contribution in [2.45, 2.75) is 44.6 Å². The number of benzene rings is 1. The second-order valence-corrected chi connectivity index (χ2v) is 15.0. The number of piperidine rings is 1. The molecular formula is C19H23IN2O5Si. The van der Waals surface area contributed by atoms with Crippen molar-refractivity contribution in [1.29, 1.82) is 0 Å². The average Bonchev–Trinajstić information content (AvgIpc) is 2.86. The number of rotatable bonds is 6. The summed E-state index contributed by atoms with van der Waals surface area (Å²) < 4.78 is 6.23. The second-order valence-electron chi connectivity index (χ2n) is 8.21. The normalized spacial score (nSPS) is 20.2. The predicted octanol–water partition coefficient (Wildman–Crippen LogP) is 2.72. The van der Waals surface area contributed by atoms with Gasteiger partial charge in [-0.3, -0.25) is 29.0 Å². The van der Waals surface area contributed by atoms with Crippen molar-refractivity contribution in [2.75, 3.05) is 13.3 Å². The van der Waals surface area contributed by atoms with Gasteiger partial charge in [-0.2, -0.15) is 0 Å². The van der Waals surface area contributed by atoms with Crippen molar-refractivity contribution in [3.63, 3.8) is 0 Å². The fourth-order valence-corrected chi connectivity index (χ4v) is 4.76. The molecule has 4 amide bonds. The maximum atomic E-state index is 12.9. The van der Waals surface area contributed by atoms with E-state index >= 15 is 0 Å². The fourth-order valence-electron chi connectivity index (χ4n) is 3.28. The molecule has 0 bridgehead atoms. The minimum absolute atomic E-state index is 0.0955. The zero-order valence-electron chi connectivity index (χ0n) is 16.2. The van der Waals surface area contributed by atoms with Crippen LogP contribution in [0.1, 0.15) is 33.6 Å². The number of carbonyl (C=O) groups is 4. The number of amides is 4. The topological polar surface area (TPSA) is 84.0 Å². The van der Waals surface area contributed by atoms with Gasteiger partial charge in [0.2, 0.25) is 5.91 Å². The Morgan fingerprint density at radius 2 is 1.86 bits per heavy atom. The van der Waals surface area contributed by atoms with Gasteiger partial charge in [0.05, 0.1) is 11.1 Å². The van der Waals surface area contributed by atoms with E-state index in [2.05, 4.69) is 19.6 Å². The van der Waals surface area contributed by atoms with Crippen LogP contribution in [0, 0.1) is 3.57 Å². The lowest BCUT2D eigenvalue weighted by Crippen LogP contribution is -2.56. The van der Waals surface area contributed by atoms with Crippen LogP contribution in [-0.2, 0) is 14.3 Å². The van der Waals surface area contributed by atoms with E-state index in [4.69, 9.17) is 4.74 Å². The number of hydrogen-bond acceptors (Lipinski definition) is 5. The van der Waals surface area contributed by atoms with Gasteiger partial charge in [0, 0.05) is 24.7 Å². The van der Waals surface area contributed by atoms with E-state index in [0.717, 1.165) is 15.8 Å². The number of imide groups is 2. The summed E-state index contributed by atoms with van der Waals surface area (Å²) in [4.78, 5) is 52.8. The van der Waals surface area contributed by atoms with Gasteiger partial charge in [0.25, 0.3) is 17.7 Å². The van der Waals surface area contributed by atoms with E-state index in [0.29, 0.717) is 21.3 Å². The summed E-state index contributed by atoms with van der Waals surface area (Å²) in [5.74, 6) is -1.84. The third-order valence-electron chi connectivity index (χ3n) is 4.91. The quantitative estimate of drug-likeness (QED) is 0.252. The molecule has 1 atom stereocenters. The van der Waals surface area contributed by atoms with E-state index in [-0.39, 0.29) is 25.5 Å². The Labute approximate surface area is 178 Å². The smallest absolute Gasteiger partial charge is 0.263 e. The van der Waals surface area contributed by atoms with Gasteiger partial charge in [-0.1, -0.05) is 25.7 Å². The van der Waals surface area contributed by atoms with Gasteiger partial charge in [-0.15, -0.1) is 0 Å². The maximum absolute atomic E-state index is 12.9. The standard InChI is InChI=1S/C19H23IN2O5Si/c1-28(2,3)10-9-27-11-21-15(23)8-7-14(18(21)25)22-17(24)12-5-4-6-13(20)16(12)19(22)26/h4-6,14H,7-11H2,1-3H3. The molecule has 3 rings (SSSR count). The summed E-state index contributed by atoms with van der Waals surface area (Å²) in [6, 6.07) is 5.00. The monoisotopic (exact) mass is 514 g/mol. The number of carbonyl (C=O) groups excluding carboxylic acids is 4. The molecule has 0 saturated carbocycles. The first-order valence-corrected chi connectivity index (χ1v) is 14.0. The van der Waals surface area contributed by atoms with Gasteiger partial charge < -0.3 is 4.74 Å². The van der Waals surface area contributed by atoms with Crippen LogP contribution >= 0.6 is 22.6 Å². The van der Waals surface area contributed by atoms with Crippen LogP contribution in [0.4, 0.5) is 0 Å². The maximum Gasteiger partial charge on any atom is 0.263 e. The van der Waals surface area contributed by atoms with Crippen LogP contribution in [0.5, 0.6) is 0 Å². The largest absolute Gasteiger partial charge is 0.361 e. The van der Waals surface area contributed by atoms with E-state index in [1.54, 1.807) is 18.2 Å². The van der Waals surface area contributed by atoms with Crippen molar-refractivity contribution in [3.8, 4) is 0 Å². The lowest BCUT2D eigenvalue weighted by atomic mass is 10.0. The van der Waals surface area contributed by atoms with Crippen molar-refractivity contribution < 1.29 is 23.9 Å². The number of fused-ring (bicyclic) bond motifs is 1. The number of likely N-dealkylation sites (tertiary alicyclic amines) is 1. The van der Waals surface area contributed by atoms with Crippen molar-refractivity contribution >= 4 is 54.3 Å². The number of halogens is 1. The lowest BCUT2D eigenvalue weighted by molar-refractivity contribution is -0.157. The number of nitrogens with zero attached hydrogens (tertiary/aromatic N) is 2. The van der Waals surface area contributed by atoms with Crippen LogP contribution in [0.2, 0.25) is 25.7 Å². The SMILES string of the molecule is C[Si](C)(C)CCOCN1C(=O)CCC(N2C(=O)c3cccc(I)c3C2=O)C1=O. The molecule has 0 N–H and O–H groups in total. The molecule has 9 heteroatoms.